The summed E-state index contributed by atoms with van der Waals surface area (Å²) in [5, 5.41) is 0. The molecule has 1 aromatic heterocycles. The number of rotatable bonds is 5. The highest BCUT2D eigenvalue weighted by atomic mass is 16.3. The maximum absolute atomic E-state index is 13.1. The number of benzene rings is 2. The lowest BCUT2D eigenvalue weighted by atomic mass is 10.1. The molecule has 0 spiro atoms. The summed E-state index contributed by atoms with van der Waals surface area (Å²) in [4.78, 5) is 41.3. The van der Waals surface area contributed by atoms with E-state index < -0.39 is 17.9 Å². The number of imide groups is 1. The first kappa shape index (κ1) is 17.7. The molecular formula is C22H18N2O4. The van der Waals surface area contributed by atoms with Gasteiger partial charge >= 0.3 is 0 Å². The van der Waals surface area contributed by atoms with E-state index in [1.165, 1.54) is 11.2 Å². The Labute approximate surface area is 162 Å². The second-order valence-electron chi connectivity index (χ2n) is 6.52. The van der Waals surface area contributed by atoms with Crippen molar-refractivity contribution in [1.82, 2.24) is 4.90 Å². The molecule has 3 aromatic rings. The molecule has 0 bridgehead atoms. The Bertz CT molecular complexity index is 984. The van der Waals surface area contributed by atoms with Crippen LogP contribution >= 0.6 is 0 Å². The van der Waals surface area contributed by atoms with Crippen LogP contribution in [0.25, 0.3) is 0 Å². The largest absolute Gasteiger partial charge is 0.459 e. The fourth-order valence-electron chi connectivity index (χ4n) is 3.35. The van der Waals surface area contributed by atoms with Crippen LogP contribution in [-0.4, -0.2) is 28.7 Å². The second-order valence-corrected chi connectivity index (χ2v) is 6.52. The van der Waals surface area contributed by atoms with Gasteiger partial charge in [-0.05, 0) is 29.8 Å². The summed E-state index contributed by atoms with van der Waals surface area (Å²) in [6.07, 6.45) is 1.35. The minimum absolute atomic E-state index is 0.0625. The number of anilines is 1. The zero-order valence-electron chi connectivity index (χ0n) is 15.0. The second kappa shape index (κ2) is 7.52. The summed E-state index contributed by atoms with van der Waals surface area (Å²) in [5.74, 6) is -1.03. The fourth-order valence-corrected chi connectivity index (χ4v) is 3.35. The van der Waals surface area contributed by atoms with Gasteiger partial charge in [-0.2, -0.15) is 0 Å². The van der Waals surface area contributed by atoms with Gasteiger partial charge in [0.25, 0.3) is 11.8 Å². The highest BCUT2D eigenvalue weighted by Crippen LogP contribution is 2.27. The van der Waals surface area contributed by atoms with E-state index in [0.29, 0.717) is 5.69 Å². The van der Waals surface area contributed by atoms with E-state index in [-0.39, 0.29) is 24.6 Å². The summed E-state index contributed by atoms with van der Waals surface area (Å²) >= 11 is 0. The van der Waals surface area contributed by atoms with Crippen molar-refractivity contribution < 1.29 is 18.8 Å². The number of hydrogen-bond donors (Lipinski definition) is 0. The van der Waals surface area contributed by atoms with E-state index in [1.807, 2.05) is 36.4 Å². The summed E-state index contributed by atoms with van der Waals surface area (Å²) in [5.41, 5.74) is 1.37. The molecule has 2 heterocycles. The molecule has 0 saturated carbocycles. The van der Waals surface area contributed by atoms with Crippen LogP contribution in [0.15, 0.2) is 83.5 Å². The highest BCUT2D eigenvalue weighted by Gasteiger charge is 2.44. The minimum atomic E-state index is -0.884. The zero-order valence-corrected chi connectivity index (χ0v) is 15.0. The molecule has 3 amide bonds. The maximum atomic E-state index is 13.1. The zero-order chi connectivity index (χ0) is 19.5. The van der Waals surface area contributed by atoms with Crippen LogP contribution in [0.1, 0.15) is 22.5 Å². The van der Waals surface area contributed by atoms with E-state index in [1.54, 1.807) is 36.4 Å². The van der Waals surface area contributed by atoms with Crippen molar-refractivity contribution >= 4 is 23.4 Å². The fraction of sp³-hybridized carbons (Fsp3) is 0.136. The molecule has 2 aromatic carbocycles. The molecule has 140 valence electrons. The molecule has 0 radical (unpaired) electrons. The lowest BCUT2D eigenvalue weighted by molar-refractivity contribution is -0.122. The van der Waals surface area contributed by atoms with Gasteiger partial charge in [0, 0.05) is 6.54 Å². The number of furan rings is 1. The normalized spacial score (nSPS) is 16.4. The van der Waals surface area contributed by atoms with E-state index in [9.17, 15) is 14.4 Å². The van der Waals surface area contributed by atoms with Crippen molar-refractivity contribution in [2.45, 2.75) is 19.0 Å². The third-order valence-corrected chi connectivity index (χ3v) is 4.70. The summed E-state index contributed by atoms with van der Waals surface area (Å²) in [6.45, 7) is 0.201. The minimum Gasteiger partial charge on any atom is -0.459 e. The Hall–Kier alpha value is -3.67. The monoisotopic (exact) mass is 374 g/mol. The van der Waals surface area contributed by atoms with Crippen LogP contribution < -0.4 is 4.90 Å². The first-order chi connectivity index (χ1) is 13.6. The number of carbonyl (C=O) groups is 3. The third kappa shape index (κ3) is 3.32. The number of nitrogens with zero attached hydrogens (tertiary/aromatic N) is 2. The summed E-state index contributed by atoms with van der Waals surface area (Å²) < 4.78 is 5.25. The van der Waals surface area contributed by atoms with Crippen molar-refractivity contribution in [2.75, 3.05) is 4.90 Å². The predicted molar refractivity (Wildman–Crippen MR) is 102 cm³/mol. The van der Waals surface area contributed by atoms with Crippen LogP contribution in [0.3, 0.4) is 0 Å². The summed E-state index contributed by atoms with van der Waals surface area (Å²) in [6, 6.07) is 20.4. The maximum Gasteiger partial charge on any atom is 0.290 e. The van der Waals surface area contributed by atoms with E-state index >= 15 is 0 Å². The third-order valence-electron chi connectivity index (χ3n) is 4.70. The van der Waals surface area contributed by atoms with Crippen LogP contribution in [0, 0.1) is 0 Å². The quantitative estimate of drug-likeness (QED) is 0.643. The van der Waals surface area contributed by atoms with Crippen molar-refractivity contribution in [3.8, 4) is 0 Å². The van der Waals surface area contributed by atoms with Gasteiger partial charge < -0.3 is 9.32 Å². The van der Waals surface area contributed by atoms with Gasteiger partial charge in [0.15, 0.2) is 5.76 Å². The smallest absolute Gasteiger partial charge is 0.290 e. The standard InChI is InChI=1S/C22H18N2O4/c25-20-14-18(21(26)24(20)17-10-5-2-6-11-17)23(15-16-8-3-1-4-9-16)22(27)19-12-7-13-28-19/h1-13,18H,14-15H2. The van der Waals surface area contributed by atoms with E-state index in [4.69, 9.17) is 4.42 Å². The molecule has 28 heavy (non-hydrogen) atoms. The lowest BCUT2D eigenvalue weighted by Crippen LogP contribution is -2.45. The van der Waals surface area contributed by atoms with Gasteiger partial charge in [-0.3, -0.25) is 14.4 Å². The molecular weight excluding hydrogens is 356 g/mol. The molecule has 1 fully saturated rings. The molecule has 1 atom stereocenters. The molecule has 0 N–H and O–H groups in total. The van der Waals surface area contributed by atoms with Gasteiger partial charge in [0.1, 0.15) is 6.04 Å². The molecule has 0 aliphatic carbocycles. The number of amides is 3. The molecule has 1 unspecified atom stereocenters. The van der Waals surface area contributed by atoms with Gasteiger partial charge in [-0.25, -0.2) is 4.90 Å². The predicted octanol–water partition coefficient (Wildman–Crippen LogP) is 3.25. The molecule has 6 heteroatoms. The van der Waals surface area contributed by atoms with Crippen LogP contribution in [0.5, 0.6) is 0 Å². The van der Waals surface area contributed by atoms with Gasteiger partial charge in [-0.1, -0.05) is 48.5 Å². The molecule has 1 saturated heterocycles. The first-order valence-electron chi connectivity index (χ1n) is 8.95. The van der Waals surface area contributed by atoms with Gasteiger partial charge in [-0.15, -0.1) is 0 Å². The lowest BCUT2D eigenvalue weighted by Gasteiger charge is -2.27. The highest BCUT2D eigenvalue weighted by molar-refractivity contribution is 6.23. The van der Waals surface area contributed by atoms with Crippen molar-refractivity contribution in [3.05, 3.63) is 90.4 Å². The molecule has 6 nitrogen and oxygen atoms in total. The summed E-state index contributed by atoms with van der Waals surface area (Å²) in [7, 11) is 0. The van der Waals surface area contributed by atoms with Crippen LogP contribution in [0.2, 0.25) is 0 Å². The topological polar surface area (TPSA) is 70.8 Å². The average Bonchev–Trinajstić information content (AvgIpc) is 3.35. The van der Waals surface area contributed by atoms with Gasteiger partial charge in [0.2, 0.25) is 5.91 Å². The van der Waals surface area contributed by atoms with Crippen molar-refractivity contribution in [3.63, 3.8) is 0 Å². The first-order valence-corrected chi connectivity index (χ1v) is 8.95. The molecule has 1 aliphatic rings. The number of hydrogen-bond acceptors (Lipinski definition) is 4. The average molecular weight is 374 g/mol. The Balaban J connectivity index is 1.67. The molecule has 1 aliphatic heterocycles. The Morgan fingerprint density at radius 1 is 0.964 bits per heavy atom. The van der Waals surface area contributed by atoms with E-state index in [2.05, 4.69) is 0 Å². The number of para-hydroxylation sites is 1. The Morgan fingerprint density at radius 2 is 1.64 bits per heavy atom. The van der Waals surface area contributed by atoms with Crippen LogP contribution in [-0.2, 0) is 16.1 Å². The number of carbonyl (C=O) groups excluding carboxylic acids is 3. The van der Waals surface area contributed by atoms with Crippen molar-refractivity contribution in [2.24, 2.45) is 0 Å². The molecule has 4 rings (SSSR count). The Kier molecular flexibility index (Phi) is 4.76. The SMILES string of the molecule is O=C1CC(N(Cc2ccccc2)C(=O)c2ccco2)C(=O)N1c1ccccc1. The van der Waals surface area contributed by atoms with Gasteiger partial charge in [0.05, 0.1) is 18.4 Å². The van der Waals surface area contributed by atoms with E-state index in [0.717, 1.165) is 10.5 Å². The Morgan fingerprint density at radius 3 is 2.29 bits per heavy atom. The van der Waals surface area contributed by atoms with Crippen molar-refractivity contribution in [1.29, 1.82) is 0 Å². The van der Waals surface area contributed by atoms with Crippen LogP contribution in [0.4, 0.5) is 5.69 Å².